The van der Waals surface area contributed by atoms with Gasteiger partial charge < -0.3 is 14.9 Å². The molecule has 0 aliphatic rings. The first-order valence-electron chi connectivity index (χ1n) is 5.04. The molecule has 1 aromatic heterocycles. The van der Waals surface area contributed by atoms with Crippen molar-refractivity contribution in [2.75, 3.05) is 0 Å². The van der Waals surface area contributed by atoms with E-state index in [1.807, 2.05) is 0 Å². The SMILES string of the molecule is NCc1ccc(COc2ccc(Cl)c(F)c2)o1. The van der Waals surface area contributed by atoms with Gasteiger partial charge in [0, 0.05) is 6.07 Å². The van der Waals surface area contributed by atoms with Crippen molar-refractivity contribution in [1.82, 2.24) is 0 Å². The summed E-state index contributed by atoms with van der Waals surface area (Å²) in [4.78, 5) is 0. The zero-order valence-corrected chi connectivity index (χ0v) is 9.71. The molecular weight excluding hydrogens is 245 g/mol. The maximum atomic E-state index is 13.1. The Morgan fingerprint density at radius 3 is 2.65 bits per heavy atom. The van der Waals surface area contributed by atoms with Crippen molar-refractivity contribution in [2.45, 2.75) is 13.2 Å². The van der Waals surface area contributed by atoms with Crippen LogP contribution in [0.5, 0.6) is 5.75 Å². The minimum absolute atomic E-state index is 0.0702. The van der Waals surface area contributed by atoms with Gasteiger partial charge in [0.05, 0.1) is 11.6 Å². The highest BCUT2D eigenvalue weighted by atomic mass is 35.5. The van der Waals surface area contributed by atoms with E-state index in [4.69, 9.17) is 26.5 Å². The van der Waals surface area contributed by atoms with Crippen LogP contribution in [0.2, 0.25) is 5.02 Å². The molecule has 3 nitrogen and oxygen atoms in total. The third-order valence-corrected chi connectivity index (χ3v) is 2.50. The largest absolute Gasteiger partial charge is 0.486 e. The summed E-state index contributed by atoms with van der Waals surface area (Å²) in [6, 6.07) is 7.82. The molecule has 0 aliphatic carbocycles. The number of rotatable bonds is 4. The molecule has 2 N–H and O–H groups in total. The molecule has 17 heavy (non-hydrogen) atoms. The number of hydrogen-bond donors (Lipinski definition) is 1. The molecule has 0 saturated carbocycles. The normalized spacial score (nSPS) is 10.5. The Kier molecular flexibility index (Phi) is 3.66. The van der Waals surface area contributed by atoms with E-state index in [1.54, 1.807) is 18.2 Å². The molecule has 0 fully saturated rings. The molecular formula is C12H11ClFNO2. The van der Waals surface area contributed by atoms with Crippen LogP contribution in [0.4, 0.5) is 4.39 Å². The molecule has 2 aromatic rings. The van der Waals surface area contributed by atoms with Crippen molar-refractivity contribution < 1.29 is 13.5 Å². The Bertz CT molecular complexity index is 513. The minimum Gasteiger partial charge on any atom is -0.486 e. The summed E-state index contributed by atoms with van der Waals surface area (Å²) in [6.45, 7) is 0.566. The Hall–Kier alpha value is -1.52. The van der Waals surface area contributed by atoms with E-state index < -0.39 is 5.82 Å². The summed E-state index contributed by atoms with van der Waals surface area (Å²) in [5, 5.41) is 0.0702. The van der Waals surface area contributed by atoms with Crippen molar-refractivity contribution >= 4 is 11.6 Å². The maximum Gasteiger partial charge on any atom is 0.146 e. The van der Waals surface area contributed by atoms with Crippen LogP contribution in [0.1, 0.15) is 11.5 Å². The van der Waals surface area contributed by atoms with Crippen LogP contribution < -0.4 is 10.5 Å². The summed E-state index contributed by atoms with van der Waals surface area (Å²) >= 11 is 5.56. The van der Waals surface area contributed by atoms with E-state index >= 15 is 0 Å². The maximum absolute atomic E-state index is 13.1. The van der Waals surface area contributed by atoms with E-state index in [1.165, 1.54) is 12.1 Å². The first-order valence-corrected chi connectivity index (χ1v) is 5.42. The fourth-order valence-electron chi connectivity index (χ4n) is 1.33. The molecule has 0 radical (unpaired) electrons. The highest BCUT2D eigenvalue weighted by Gasteiger charge is 2.04. The predicted octanol–water partition coefficient (Wildman–Crippen LogP) is 3.11. The number of hydrogen-bond acceptors (Lipinski definition) is 3. The summed E-state index contributed by atoms with van der Waals surface area (Å²) in [7, 11) is 0. The van der Waals surface area contributed by atoms with Gasteiger partial charge in [0.15, 0.2) is 0 Å². The number of ether oxygens (including phenoxy) is 1. The number of benzene rings is 1. The summed E-state index contributed by atoms with van der Waals surface area (Å²) < 4.78 is 23.8. The van der Waals surface area contributed by atoms with Gasteiger partial charge in [-0.05, 0) is 24.3 Å². The molecule has 0 bridgehead atoms. The van der Waals surface area contributed by atoms with Gasteiger partial charge in [-0.2, -0.15) is 0 Å². The first-order chi connectivity index (χ1) is 8.19. The Morgan fingerprint density at radius 1 is 1.24 bits per heavy atom. The molecule has 5 heteroatoms. The van der Waals surface area contributed by atoms with Crippen LogP contribution in [0.15, 0.2) is 34.7 Å². The van der Waals surface area contributed by atoms with Crippen molar-refractivity contribution in [3.63, 3.8) is 0 Å². The van der Waals surface area contributed by atoms with E-state index in [0.717, 1.165) is 0 Å². The van der Waals surface area contributed by atoms with E-state index in [2.05, 4.69) is 0 Å². The lowest BCUT2D eigenvalue weighted by Gasteiger charge is -2.04. The first kappa shape index (κ1) is 12.0. The van der Waals surface area contributed by atoms with Crippen LogP contribution in [-0.4, -0.2) is 0 Å². The summed E-state index contributed by atoms with van der Waals surface area (Å²) in [5.41, 5.74) is 5.41. The van der Waals surface area contributed by atoms with Crippen LogP contribution >= 0.6 is 11.6 Å². The lowest BCUT2D eigenvalue weighted by molar-refractivity contribution is 0.265. The predicted molar refractivity (Wildman–Crippen MR) is 62.3 cm³/mol. The quantitative estimate of drug-likeness (QED) is 0.913. The molecule has 2 rings (SSSR count). The molecule has 0 amide bonds. The number of furan rings is 1. The topological polar surface area (TPSA) is 48.4 Å². The van der Waals surface area contributed by atoms with Crippen molar-refractivity contribution in [3.05, 3.63) is 52.7 Å². The smallest absolute Gasteiger partial charge is 0.146 e. The van der Waals surface area contributed by atoms with Gasteiger partial charge in [-0.25, -0.2) is 4.39 Å². The fourth-order valence-corrected chi connectivity index (χ4v) is 1.45. The average Bonchev–Trinajstić information content (AvgIpc) is 2.79. The lowest BCUT2D eigenvalue weighted by atomic mass is 10.3. The minimum atomic E-state index is -0.508. The second kappa shape index (κ2) is 5.21. The molecule has 0 aliphatic heterocycles. The second-order valence-electron chi connectivity index (χ2n) is 3.44. The zero-order valence-electron chi connectivity index (χ0n) is 8.95. The van der Waals surface area contributed by atoms with Gasteiger partial charge in [0.2, 0.25) is 0 Å². The number of halogens is 2. The Morgan fingerprint density at radius 2 is 2.00 bits per heavy atom. The fraction of sp³-hybridized carbons (Fsp3) is 0.167. The van der Waals surface area contributed by atoms with Crippen LogP contribution in [0.25, 0.3) is 0 Å². The number of nitrogens with two attached hydrogens (primary N) is 1. The van der Waals surface area contributed by atoms with Crippen LogP contribution in [0, 0.1) is 5.82 Å². The molecule has 0 saturated heterocycles. The van der Waals surface area contributed by atoms with Gasteiger partial charge in [-0.15, -0.1) is 0 Å². The summed E-state index contributed by atoms with van der Waals surface area (Å²) in [5.74, 6) is 1.22. The molecule has 90 valence electrons. The molecule has 1 heterocycles. The van der Waals surface area contributed by atoms with Gasteiger partial charge in [-0.3, -0.25) is 0 Å². The van der Waals surface area contributed by atoms with E-state index in [0.29, 0.717) is 23.8 Å². The van der Waals surface area contributed by atoms with Gasteiger partial charge in [0.1, 0.15) is 29.7 Å². The lowest BCUT2D eigenvalue weighted by Crippen LogP contribution is -1.95. The van der Waals surface area contributed by atoms with Gasteiger partial charge >= 0.3 is 0 Å². The molecule has 0 spiro atoms. The van der Waals surface area contributed by atoms with Crippen molar-refractivity contribution in [1.29, 1.82) is 0 Å². The Balaban J connectivity index is 1.99. The monoisotopic (exact) mass is 255 g/mol. The molecule has 0 unspecified atom stereocenters. The highest BCUT2D eigenvalue weighted by Crippen LogP contribution is 2.21. The summed E-state index contributed by atoms with van der Waals surface area (Å²) in [6.07, 6.45) is 0. The highest BCUT2D eigenvalue weighted by molar-refractivity contribution is 6.30. The van der Waals surface area contributed by atoms with Crippen molar-refractivity contribution in [3.8, 4) is 5.75 Å². The van der Waals surface area contributed by atoms with Crippen LogP contribution in [0.3, 0.4) is 0 Å². The van der Waals surface area contributed by atoms with E-state index in [9.17, 15) is 4.39 Å². The van der Waals surface area contributed by atoms with Crippen LogP contribution in [-0.2, 0) is 13.2 Å². The van der Waals surface area contributed by atoms with Gasteiger partial charge in [0.25, 0.3) is 0 Å². The average molecular weight is 256 g/mol. The molecule has 0 atom stereocenters. The Labute approximate surface area is 103 Å². The third-order valence-electron chi connectivity index (χ3n) is 2.19. The van der Waals surface area contributed by atoms with E-state index in [-0.39, 0.29) is 11.6 Å². The zero-order chi connectivity index (χ0) is 12.3. The second-order valence-corrected chi connectivity index (χ2v) is 3.84. The third kappa shape index (κ3) is 2.99. The van der Waals surface area contributed by atoms with Crippen molar-refractivity contribution in [2.24, 2.45) is 5.73 Å². The van der Waals surface area contributed by atoms with Gasteiger partial charge in [-0.1, -0.05) is 11.6 Å². The standard InChI is InChI=1S/C12H11ClFNO2/c13-11-4-3-8(5-12(11)14)16-7-10-2-1-9(6-15)17-10/h1-5H,6-7,15H2. The molecule has 1 aromatic carbocycles.